The number of benzene rings is 2. The predicted octanol–water partition coefficient (Wildman–Crippen LogP) is 3.75. The normalized spacial score (nSPS) is 10.6. The first-order valence-corrected chi connectivity index (χ1v) is 7.30. The Labute approximate surface area is 130 Å². The highest BCUT2D eigenvalue weighted by Crippen LogP contribution is 2.21. The van der Waals surface area contributed by atoms with Gasteiger partial charge in [-0.3, -0.25) is 9.78 Å². The van der Waals surface area contributed by atoms with Gasteiger partial charge in [0.25, 0.3) is 0 Å². The number of fused-ring (bicyclic) bond motifs is 1. The molecule has 110 valence electrons. The van der Waals surface area contributed by atoms with Crippen LogP contribution < -0.4 is 4.90 Å². The van der Waals surface area contributed by atoms with Crippen LogP contribution in [0.4, 0.5) is 5.69 Å². The summed E-state index contributed by atoms with van der Waals surface area (Å²) in [7, 11) is 1.81. The third-order valence-electron chi connectivity index (χ3n) is 3.82. The van der Waals surface area contributed by atoms with Gasteiger partial charge in [-0.1, -0.05) is 36.4 Å². The van der Waals surface area contributed by atoms with Gasteiger partial charge in [-0.15, -0.1) is 0 Å². The van der Waals surface area contributed by atoms with Crippen molar-refractivity contribution < 1.29 is 4.79 Å². The molecule has 0 aliphatic rings. The van der Waals surface area contributed by atoms with Crippen LogP contribution in [0.5, 0.6) is 0 Å². The number of nitrogens with zero attached hydrogens (tertiary/aromatic N) is 2. The zero-order valence-electron chi connectivity index (χ0n) is 12.8. The second-order valence-corrected chi connectivity index (χ2v) is 5.47. The molecule has 3 rings (SSSR count). The maximum atomic E-state index is 12.4. The van der Waals surface area contributed by atoms with Gasteiger partial charge in [-0.05, 0) is 41.5 Å². The SMILES string of the molecule is Cc1ccc(CC(=O)N(C)c2ccc3ccccc3c2)cn1. The van der Waals surface area contributed by atoms with Crippen LogP contribution >= 0.6 is 0 Å². The highest BCUT2D eigenvalue weighted by molar-refractivity contribution is 5.96. The van der Waals surface area contributed by atoms with E-state index in [1.807, 2.05) is 56.4 Å². The lowest BCUT2D eigenvalue weighted by Gasteiger charge is -2.18. The maximum absolute atomic E-state index is 12.4. The monoisotopic (exact) mass is 290 g/mol. The number of carbonyl (C=O) groups excluding carboxylic acids is 1. The number of rotatable bonds is 3. The quantitative estimate of drug-likeness (QED) is 0.736. The molecule has 3 aromatic rings. The highest BCUT2D eigenvalue weighted by atomic mass is 16.2. The van der Waals surface area contributed by atoms with E-state index in [1.54, 1.807) is 11.1 Å². The van der Waals surface area contributed by atoms with E-state index in [-0.39, 0.29) is 5.91 Å². The molecular formula is C19H18N2O. The molecule has 0 aliphatic carbocycles. The fourth-order valence-electron chi connectivity index (χ4n) is 2.43. The number of likely N-dealkylation sites (N-methyl/N-ethyl adjacent to an activating group) is 1. The van der Waals surface area contributed by atoms with E-state index >= 15 is 0 Å². The second-order valence-electron chi connectivity index (χ2n) is 5.47. The standard InChI is InChI=1S/C19H18N2O/c1-14-7-8-15(13-20-14)11-19(22)21(2)18-10-9-16-5-3-4-6-17(16)12-18/h3-10,12-13H,11H2,1-2H3. The predicted molar refractivity (Wildman–Crippen MR) is 90.0 cm³/mol. The van der Waals surface area contributed by atoms with E-state index in [1.165, 1.54) is 5.39 Å². The lowest BCUT2D eigenvalue weighted by molar-refractivity contribution is -0.117. The van der Waals surface area contributed by atoms with E-state index in [4.69, 9.17) is 0 Å². The molecule has 22 heavy (non-hydrogen) atoms. The molecule has 3 heteroatoms. The molecule has 0 bridgehead atoms. The van der Waals surface area contributed by atoms with Crippen LogP contribution in [0.25, 0.3) is 10.8 Å². The van der Waals surface area contributed by atoms with Crippen LogP contribution in [0.3, 0.4) is 0 Å². The molecule has 3 nitrogen and oxygen atoms in total. The Morgan fingerprint density at radius 2 is 1.82 bits per heavy atom. The molecule has 0 N–H and O–H groups in total. The van der Waals surface area contributed by atoms with Gasteiger partial charge in [-0.2, -0.15) is 0 Å². The summed E-state index contributed by atoms with van der Waals surface area (Å²) in [5.74, 6) is 0.0564. The van der Waals surface area contributed by atoms with Crippen molar-refractivity contribution in [1.82, 2.24) is 4.98 Å². The van der Waals surface area contributed by atoms with Crippen LogP contribution in [-0.4, -0.2) is 17.9 Å². The molecule has 1 aromatic heterocycles. The number of anilines is 1. The van der Waals surface area contributed by atoms with Crippen molar-refractivity contribution in [2.75, 3.05) is 11.9 Å². The van der Waals surface area contributed by atoms with Gasteiger partial charge in [0, 0.05) is 24.6 Å². The Hall–Kier alpha value is -2.68. The first-order chi connectivity index (χ1) is 10.6. The van der Waals surface area contributed by atoms with Crippen molar-refractivity contribution in [3.63, 3.8) is 0 Å². The molecule has 0 atom stereocenters. The van der Waals surface area contributed by atoms with E-state index in [9.17, 15) is 4.79 Å². The summed E-state index contributed by atoms with van der Waals surface area (Å²) in [5, 5.41) is 2.31. The summed E-state index contributed by atoms with van der Waals surface area (Å²) in [5.41, 5.74) is 2.80. The topological polar surface area (TPSA) is 33.2 Å². The first-order valence-electron chi connectivity index (χ1n) is 7.30. The summed E-state index contributed by atoms with van der Waals surface area (Å²) in [6.07, 6.45) is 2.12. The molecule has 0 fully saturated rings. The Morgan fingerprint density at radius 3 is 2.55 bits per heavy atom. The van der Waals surface area contributed by atoms with Crippen molar-refractivity contribution in [2.24, 2.45) is 0 Å². The Balaban J connectivity index is 1.80. The van der Waals surface area contributed by atoms with Gasteiger partial charge in [0.05, 0.1) is 6.42 Å². The average Bonchev–Trinajstić information content (AvgIpc) is 2.55. The molecule has 0 saturated carbocycles. The van der Waals surface area contributed by atoms with Gasteiger partial charge < -0.3 is 4.90 Å². The Kier molecular flexibility index (Phi) is 3.88. The van der Waals surface area contributed by atoms with Crippen LogP contribution in [0.15, 0.2) is 60.8 Å². The smallest absolute Gasteiger partial charge is 0.231 e. The molecule has 1 heterocycles. The number of aryl methyl sites for hydroxylation is 1. The van der Waals surface area contributed by atoms with E-state index in [0.29, 0.717) is 6.42 Å². The van der Waals surface area contributed by atoms with Crippen molar-refractivity contribution in [2.45, 2.75) is 13.3 Å². The Morgan fingerprint density at radius 1 is 1.05 bits per heavy atom. The molecular weight excluding hydrogens is 272 g/mol. The molecule has 0 saturated heterocycles. The molecule has 2 aromatic carbocycles. The van der Waals surface area contributed by atoms with Crippen molar-refractivity contribution in [3.8, 4) is 0 Å². The van der Waals surface area contributed by atoms with Gasteiger partial charge in [0.15, 0.2) is 0 Å². The van der Waals surface area contributed by atoms with Gasteiger partial charge in [-0.25, -0.2) is 0 Å². The number of hydrogen-bond acceptors (Lipinski definition) is 2. The van der Waals surface area contributed by atoms with Crippen LogP contribution in [0, 0.1) is 6.92 Å². The minimum absolute atomic E-state index is 0.0564. The third-order valence-corrected chi connectivity index (χ3v) is 3.82. The second kappa shape index (κ2) is 5.98. The lowest BCUT2D eigenvalue weighted by Crippen LogP contribution is -2.27. The maximum Gasteiger partial charge on any atom is 0.231 e. The first kappa shape index (κ1) is 14.3. The minimum Gasteiger partial charge on any atom is -0.315 e. The zero-order valence-corrected chi connectivity index (χ0v) is 12.8. The summed E-state index contributed by atoms with van der Waals surface area (Å²) < 4.78 is 0. The highest BCUT2D eigenvalue weighted by Gasteiger charge is 2.12. The Bertz CT molecular complexity index is 809. The number of amides is 1. The van der Waals surface area contributed by atoms with Crippen LogP contribution in [0.1, 0.15) is 11.3 Å². The summed E-state index contributed by atoms with van der Waals surface area (Å²) >= 11 is 0. The molecule has 1 amide bonds. The van der Waals surface area contributed by atoms with Gasteiger partial charge >= 0.3 is 0 Å². The van der Waals surface area contributed by atoms with Crippen molar-refractivity contribution in [3.05, 3.63) is 72.1 Å². The molecule has 0 aliphatic heterocycles. The zero-order chi connectivity index (χ0) is 15.5. The van der Waals surface area contributed by atoms with Gasteiger partial charge in [0.2, 0.25) is 5.91 Å². The lowest BCUT2D eigenvalue weighted by atomic mass is 10.1. The van der Waals surface area contributed by atoms with E-state index < -0.39 is 0 Å². The number of hydrogen-bond donors (Lipinski definition) is 0. The fraction of sp³-hybridized carbons (Fsp3) is 0.158. The largest absolute Gasteiger partial charge is 0.315 e. The van der Waals surface area contributed by atoms with Crippen molar-refractivity contribution in [1.29, 1.82) is 0 Å². The number of carbonyl (C=O) groups is 1. The van der Waals surface area contributed by atoms with Gasteiger partial charge in [0.1, 0.15) is 0 Å². The van der Waals surface area contributed by atoms with Crippen molar-refractivity contribution >= 4 is 22.4 Å². The van der Waals surface area contributed by atoms with Crippen LogP contribution in [-0.2, 0) is 11.2 Å². The summed E-state index contributed by atoms with van der Waals surface area (Å²) in [6, 6.07) is 18.1. The summed E-state index contributed by atoms with van der Waals surface area (Å²) in [4.78, 5) is 18.4. The third kappa shape index (κ3) is 2.98. The minimum atomic E-state index is 0.0564. The number of aromatic nitrogens is 1. The fourth-order valence-corrected chi connectivity index (χ4v) is 2.43. The molecule has 0 radical (unpaired) electrons. The van der Waals surface area contributed by atoms with E-state index in [0.717, 1.165) is 22.3 Å². The van der Waals surface area contributed by atoms with Crippen LogP contribution in [0.2, 0.25) is 0 Å². The molecule has 0 unspecified atom stereocenters. The summed E-state index contributed by atoms with van der Waals surface area (Å²) in [6.45, 7) is 1.94. The molecule has 0 spiro atoms. The van der Waals surface area contributed by atoms with E-state index in [2.05, 4.69) is 17.1 Å². The average molecular weight is 290 g/mol. The number of pyridine rings is 1.